The Kier molecular flexibility index (Phi) is 6.40. The fourth-order valence-electron chi connectivity index (χ4n) is 3.04. The molecule has 2 aromatic rings. The molecule has 3 amide bonds. The Morgan fingerprint density at radius 2 is 1.85 bits per heavy atom. The fourth-order valence-corrected chi connectivity index (χ4v) is 3.04. The summed E-state index contributed by atoms with van der Waals surface area (Å²) in [6.45, 7) is 1.67. The number of hydrogen-bond acceptors (Lipinski definition) is 4. The van der Waals surface area contributed by atoms with Gasteiger partial charge in [0.2, 0.25) is 0 Å². The number of carbonyl (C=O) groups excluding carboxylic acids is 2. The second kappa shape index (κ2) is 9.16. The van der Waals surface area contributed by atoms with Crippen LogP contribution in [0.25, 0.3) is 0 Å². The van der Waals surface area contributed by atoms with Crippen LogP contribution in [0.4, 0.5) is 10.5 Å². The van der Waals surface area contributed by atoms with Gasteiger partial charge < -0.3 is 15.0 Å². The van der Waals surface area contributed by atoms with E-state index in [9.17, 15) is 9.59 Å². The average Bonchev–Trinajstić information content (AvgIpc) is 2.73. The van der Waals surface area contributed by atoms with Crippen LogP contribution >= 0.6 is 0 Å². The van der Waals surface area contributed by atoms with E-state index in [2.05, 4.69) is 10.7 Å². The number of nitrogens with zero attached hydrogens (tertiary/aromatic N) is 1. The van der Waals surface area contributed by atoms with E-state index in [1.165, 1.54) is 0 Å². The molecule has 1 aliphatic rings. The number of anilines is 1. The standard InChI is InChI=1S/C20H24N4O3/c21-23-19(25)16-9-6-15(7-10-16)8-11-18-14-24(12-13-27-18)20(26)22-17-4-2-1-3-5-17/h1-7,9-10,18H,8,11-14,21H2,(H,22,26)(H,23,25). The molecule has 0 radical (unpaired) electrons. The molecule has 142 valence electrons. The van der Waals surface area contributed by atoms with Crippen LogP contribution in [0.2, 0.25) is 0 Å². The first kappa shape index (κ1) is 18.9. The lowest BCUT2D eigenvalue weighted by molar-refractivity contribution is -0.0157. The first-order valence-corrected chi connectivity index (χ1v) is 8.98. The molecule has 0 spiro atoms. The normalized spacial score (nSPS) is 16.6. The lowest BCUT2D eigenvalue weighted by atomic mass is 10.0. The molecule has 3 rings (SSSR count). The predicted molar refractivity (Wildman–Crippen MR) is 103 cm³/mol. The van der Waals surface area contributed by atoms with Crippen molar-refractivity contribution < 1.29 is 14.3 Å². The number of urea groups is 1. The van der Waals surface area contributed by atoms with E-state index >= 15 is 0 Å². The SMILES string of the molecule is NNC(=O)c1ccc(CCC2CN(C(=O)Nc3ccccc3)CCO2)cc1. The molecule has 1 atom stereocenters. The highest BCUT2D eigenvalue weighted by atomic mass is 16.5. The second-order valence-corrected chi connectivity index (χ2v) is 6.44. The summed E-state index contributed by atoms with van der Waals surface area (Å²) in [6, 6.07) is 16.6. The van der Waals surface area contributed by atoms with E-state index < -0.39 is 0 Å². The van der Waals surface area contributed by atoms with Crippen LogP contribution in [0.15, 0.2) is 54.6 Å². The van der Waals surface area contributed by atoms with E-state index in [0.29, 0.717) is 25.3 Å². The van der Waals surface area contributed by atoms with Crippen molar-refractivity contribution in [3.05, 3.63) is 65.7 Å². The third kappa shape index (κ3) is 5.29. The highest BCUT2D eigenvalue weighted by molar-refractivity contribution is 5.93. The number of hydrazine groups is 1. The maximum absolute atomic E-state index is 12.4. The summed E-state index contributed by atoms with van der Waals surface area (Å²) in [6.07, 6.45) is 1.60. The van der Waals surface area contributed by atoms with Gasteiger partial charge in [0, 0.05) is 24.3 Å². The zero-order valence-electron chi connectivity index (χ0n) is 15.1. The molecular weight excluding hydrogens is 344 g/mol. The van der Waals surface area contributed by atoms with Crippen molar-refractivity contribution in [3.8, 4) is 0 Å². The molecule has 0 aliphatic carbocycles. The van der Waals surface area contributed by atoms with Crippen LogP contribution in [-0.2, 0) is 11.2 Å². The van der Waals surface area contributed by atoms with Crippen LogP contribution in [0.3, 0.4) is 0 Å². The largest absolute Gasteiger partial charge is 0.375 e. The number of nitrogen functional groups attached to an aromatic ring is 1. The van der Waals surface area contributed by atoms with E-state index in [-0.39, 0.29) is 18.0 Å². The number of hydrogen-bond donors (Lipinski definition) is 3. The quantitative estimate of drug-likeness (QED) is 0.428. The topological polar surface area (TPSA) is 96.7 Å². The predicted octanol–water partition coefficient (Wildman–Crippen LogP) is 2.16. The number of para-hydroxylation sites is 1. The van der Waals surface area contributed by atoms with Gasteiger partial charge in [-0.1, -0.05) is 30.3 Å². The van der Waals surface area contributed by atoms with Crippen LogP contribution in [0.5, 0.6) is 0 Å². The Bertz CT molecular complexity index is 765. The highest BCUT2D eigenvalue weighted by Gasteiger charge is 2.24. The summed E-state index contributed by atoms with van der Waals surface area (Å²) in [7, 11) is 0. The average molecular weight is 368 g/mol. The number of nitrogens with one attached hydrogen (secondary N) is 2. The maximum atomic E-state index is 12.4. The Labute approximate surface area is 158 Å². The van der Waals surface area contributed by atoms with Gasteiger partial charge in [-0.2, -0.15) is 0 Å². The zero-order valence-corrected chi connectivity index (χ0v) is 15.1. The molecule has 4 N–H and O–H groups in total. The summed E-state index contributed by atoms with van der Waals surface area (Å²) in [5.41, 5.74) is 4.54. The van der Waals surface area contributed by atoms with Crippen molar-refractivity contribution in [3.63, 3.8) is 0 Å². The third-order valence-corrected chi connectivity index (χ3v) is 4.55. The van der Waals surface area contributed by atoms with Gasteiger partial charge in [-0.15, -0.1) is 0 Å². The van der Waals surface area contributed by atoms with Gasteiger partial charge in [-0.05, 0) is 42.7 Å². The Hall–Kier alpha value is -2.90. The number of carbonyl (C=O) groups is 2. The van der Waals surface area contributed by atoms with Crippen LogP contribution < -0.4 is 16.6 Å². The van der Waals surface area contributed by atoms with E-state index in [4.69, 9.17) is 10.6 Å². The first-order chi connectivity index (χ1) is 13.2. The minimum Gasteiger partial charge on any atom is -0.375 e. The van der Waals surface area contributed by atoms with Crippen molar-refractivity contribution in [1.29, 1.82) is 0 Å². The number of benzene rings is 2. The zero-order chi connectivity index (χ0) is 19.1. The minimum atomic E-state index is -0.308. The number of aryl methyl sites for hydroxylation is 1. The molecular formula is C20H24N4O3. The number of ether oxygens (including phenoxy) is 1. The molecule has 1 fully saturated rings. The van der Waals surface area contributed by atoms with E-state index in [0.717, 1.165) is 24.1 Å². The fraction of sp³-hybridized carbons (Fsp3) is 0.300. The summed E-state index contributed by atoms with van der Waals surface area (Å²) in [5.74, 6) is 4.82. The molecule has 2 aromatic carbocycles. The molecule has 27 heavy (non-hydrogen) atoms. The third-order valence-electron chi connectivity index (χ3n) is 4.55. The van der Waals surface area contributed by atoms with Gasteiger partial charge >= 0.3 is 6.03 Å². The summed E-state index contributed by atoms with van der Waals surface area (Å²) < 4.78 is 5.81. The summed E-state index contributed by atoms with van der Waals surface area (Å²) >= 11 is 0. The molecule has 0 saturated carbocycles. The molecule has 1 unspecified atom stereocenters. The minimum absolute atomic E-state index is 0.00714. The Balaban J connectivity index is 1.49. The van der Waals surface area contributed by atoms with Gasteiger partial charge in [0.05, 0.1) is 12.7 Å². The van der Waals surface area contributed by atoms with Gasteiger partial charge in [-0.25, -0.2) is 10.6 Å². The second-order valence-electron chi connectivity index (χ2n) is 6.44. The molecule has 1 aliphatic heterocycles. The maximum Gasteiger partial charge on any atom is 0.322 e. The van der Waals surface area contributed by atoms with E-state index in [1.807, 2.05) is 42.5 Å². The van der Waals surface area contributed by atoms with Crippen LogP contribution in [0, 0.1) is 0 Å². The van der Waals surface area contributed by atoms with Gasteiger partial charge in [-0.3, -0.25) is 10.2 Å². The van der Waals surface area contributed by atoms with Crippen LogP contribution in [-0.4, -0.2) is 42.6 Å². The Morgan fingerprint density at radius 3 is 2.56 bits per heavy atom. The Morgan fingerprint density at radius 1 is 1.11 bits per heavy atom. The number of morpholine rings is 1. The summed E-state index contributed by atoms with van der Waals surface area (Å²) in [5, 5.41) is 2.91. The number of nitrogens with two attached hydrogens (primary N) is 1. The monoisotopic (exact) mass is 368 g/mol. The number of amides is 3. The van der Waals surface area contributed by atoms with Crippen molar-refractivity contribution in [2.45, 2.75) is 18.9 Å². The number of rotatable bonds is 5. The van der Waals surface area contributed by atoms with Crippen molar-refractivity contribution in [2.24, 2.45) is 5.84 Å². The molecule has 1 heterocycles. The molecule has 1 saturated heterocycles. The van der Waals surface area contributed by atoms with Crippen molar-refractivity contribution >= 4 is 17.6 Å². The van der Waals surface area contributed by atoms with Crippen molar-refractivity contribution in [2.75, 3.05) is 25.0 Å². The molecule has 0 bridgehead atoms. The van der Waals surface area contributed by atoms with E-state index in [1.54, 1.807) is 17.0 Å². The summed E-state index contributed by atoms with van der Waals surface area (Å²) in [4.78, 5) is 25.7. The van der Waals surface area contributed by atoms with Gasteiger partial charge in [0.15, 0.2) is 0 Å². The highest BCUT2D eigenvalue weighted by Crippen LogP contribution is 2.15. The van der Waals surface area contributed by atoms with Gasteiger partial charge in [0.25, 0.3) is 5.91 Å². The lowest BCUT2D eigenvalue weighted by Crippen LogP contribution is -2.47. The van der Waals surface area contributed by atoms with Crippen LogP contribution in [0.1, 0.15) is 22.3 Å². The molecule has 7 nitrogen and oxygen atoms in total. The molecule has 7 heteroatoms. The smallest absolute Gasteiger partial charge is 0.322 e. The van der Waals surface area contributed by atoms with Crippen molar-refractivity contribution in [1.82, 2.24) is 10.3 Å². The molecule has 0 aromatic heterocycles. The van der Waals surface area contributed by atoms with Gasteiger partial charge in [0.1, 0.15) is 0 Å². The first-order valence-electron chi connectivity index (χ1n) is 8.98. The lowest BCUT2D eigenvalue weighted by Gasteiger charge is -2.33.